The number of rotatable bonds is 4. The average molecular weight is 352 g/mol. The molecule has 0 saturated carbocycles. The van der Waals surface area contributed by atoms with Crippen molar-refractivity contribution < 1.29 is 4.79 Å². The number of carbonyl (C=O) groups is 1. The van der Waals surface area contributed by atoms with E-state index in [1.165, 1.54) is 17.0 Å². The maximum atomic E-state index is 12.4. The van der Waals surface area contributed by atoms with Crippen LogP contribution in [0.5, 0.6) is 0 Å². The molecule has 0 radical (unpaired) electrons. The number of piperidine rings is 1. The minimum absolute atomic E-state index is 0.0576. The van der Waals surface area contributed by atoms with Gasteiger partial charge in [-0.3, -0.25) is 9.78 Å². The highest BCUT2D eigenvalue weighted by Crippen LogP contribution is 2.23. The molecule has 2 aromatic heterocycles. The molecule has 0 bridgehead atoms. The molecule has 1 saturated heterocycles. The third-order valence-electron chi connectivity index (χ3n) is 4.68. The van der Waals surface area contributed by atoms with Crippen LogP contribution in [0.1, 0.15) is 22.6 Å². The molecule has 0 atom stereocenters. The zero-order chi connectivity index (χ0) is 17.1. The number of nitrogens with zero attached hydrogens (tertiary/aromatic N) is 3. The summed E-state index contributed by atoms with van der Waals surface area (Å²) in [6.45, 7) is 2.76. The number of thiazole rings is 1. The van der Waals surface area contributed by atoms with Gasteiger partial charge in [0, 0.05) is 37.7 Å². The molecule has 0 aliphatic carbocycles. The van der Waals surface area contributed by atoms with E-state index in [2.05, 4.69) is 32.3 Å². The maximum absolute atomic E-state index is 12.4. The van der Waals surface area contributed by atoms with Gasteiger partial charge in [0.1, 0.15) is 0 Å². The minimum atomic E-state index is -0.0576. The van der Waals surface area contributed by atoms with E-state index < -0.39 is 0 Å². The summed E-state index contributed by atoms with van der Waals surface area (Å²) in [6.07, 6.45) is 5.84. The molecule has 0 spiro atoms. The molecular formula is C19H20N4OS. The average Bonchev–Trinajstić information content (AvgIpc) is 3.11. The van der Waals surface area contributed by atoms with Gasteiger partial charge in [-0.2, -0.15) is 0 Å². The topological polar surface area (TPSA) is 58.1 Å². The first kappa shape index (κ1) is 16.0. The van der Waals surface area contributed by atoms with Crippen molar-refractivity contribution in [3.8, 4) is 0 Å². The first-order valence-electron chi connectivity index (χ1n) is 8.58. The molecule has 1 aliphatic heterocycles. The molecule has 1 N–H and O–H groups in total. The van der Waals surface area contributed by atoms with Gasteiger partial charge in [-0.1, -0.05) is 12.1 Å². The summed E-state index contributed by atoms with van der Waals surface area (Å²) < 4.78 is 1.05. The molecule has 3 heterocycles. The number of aromatic nitrogens is 2. The Hall–Kier alpha value is -2.47. The second-order valence-electron chi connectivity index (χ2n) is 6.33. The highest BCUT2D eigenvalue weighted by atomic mass is 32.1. The monoisotopic (exact) mass is 352 g/mol. The lowest BCUT2D eigenvalue weighted by Crippen LogP contribution is -2.38. The molecule has 3 aromatic rings. The fraction of sp³-hybridized carbons (Fsp3) is 0.316. The van der Waals surface area contributed by atoms with E-state index in [0.717, 1.165) is 42.7 Å². The number of hydrogen-bond acceptors (Lipinski definition) is 5. The fourth-order valence-corrected chi connectivity index (χ4v) is 4.11. The molecule has 6 heteroatoms. The normalized spacial score (nSPS) is 15.4. The van der Waals surface area contributed by atoms with Crippen molar-refractivity contribution >= 4 is 33.1 Å². The minimum Gasteiger partial charge on any atom is -0.371 e. The van der Waals surface area contributed by atoms with Gasteiger partial charge in [0.15, 0.2) is 5.01 Å². The van der Waals surface area contributed by atoms with Crippen LogP contribution in [-0.2, 0) is 0 Å². The second-order valence-corrected chi connectivity index (χ2v) is 7.36. The van der Waals surface area contributed by atoms with E-state index in [1.807, 2.05) is 36.7 Å². The summed E-state index contributed by atoms with van der Waals surface area (Å²) in [7, 11) is 0. The van der Waals surface area contributed by atoms with E-state index >= 15 is 0 Å². The van der Waals surface area contributed by atoms with E-state index in [0.29, 0.717) is 10.9 Å². The van der Waals surface area contributed by atoms with Crippen molar-refractivity contribution in [2.45, 2.75) is 12.8 Å². The third-order valence-corrected chi connectivity index (χ3v) is 5.72. The lowest BCUT2D eigenvalue weighted by atomic mass is 9.96. The molecule has 1 aromatic carbocycles. The van der Waals surface area contributed by atoms with Crippen LogP contribution in [0.2, 0.25) is 0 Å². The molecule has 0 unspecified atom stereocenters. The third kappa shape index (κ3) is 3.64. The number of benzene rings is 1. The van der Waals surface area contributed by atoms with Crippen LogP contribution in [0.25, 0.3) is 10.2 Å². The molecular weight excluding hydrogens is 332 g/mol. The zero-order valence-electron chi connectivity index (χ0n) is 13.9. The van der Waals surface area contributed by atoms with E-state index in [4.69, 9.17) is 0 Å². The van der Waals surface area contributed by atoms with Crippen LogP contribution >= 0.6 is 11.3 Å². The molecule has 1 fully saturated rings. The van der Waals surface area contributed by atoms with Gasteiger partial charge < -0.3 is 10.2 Å². The van der Waals surface area contributed by atoms with E-state index in [9.17, 15) is 4.79 Å². The maximum Gasteiger partial charge on any atom is 0.280 e. The van der Waals surface area contributed by atoms with Crippen LogP contribution in [-0.4, -0.2) is 35.5 Å². The Morgan fingerprint density at radius 1 is 1.16 bits per heavy atom. The number of para-hydroxylation sites is 1. The van der Waals surface area contributed by atoms with Crippen molar-refractivity contribution in [2.24, 2.45) is 5.92 Å². The van der Waals surface area contributed by atoms with Gasteiger partial charge in [-0.15, -0.1) is 11.3 Å². The Balaban J connectivity index is 1.29. The molecule has 4 rings (SSSR count). The van der Waals surface area contributed by atoms with Gasteiger partial charge >= 0.3 is 0 Å². The quantitative estimate of drug-likeness (QED) is 0.782. The Bertz CT molecular complexity index is 823. The predicted octanol–water partition coefficient (Wildman–Crippen LogP) is 3.34. The Morgan fingerprint density at radius 3 is 2.68 bits per heavy atom. The zero-order valence-corrected chi connectivity index (χ0v) is 14.7. The number of amides is 1. The van der Waals surface area contributed by atoms with Crippen molar-refractivity contribution in [2.75, 3.05) is 24.5 Å². The second kappa shape index (κ2) is 7.19. The Kier molecular flexibility index (Phi) is 4.61. The fourth-order valence-electron chi connectivity index (χ4n) is 3.23. The molecule has 25 heavy (non-hydrogen) atoms. The van der Waals surface area contributed by atoms with Crippen molar-refractivity contribution in [1.82, 2.24) is 15.3 Å². The first-order chi connectivity index (χ1) is 12.3. The van der Waals surface area contributed by atoms with Crippen molar-refractivity contribution in [1.29, 1.82) is 0 Å². The van der Waals surface area contributed by atoms with Gasteiger partial charge in [0.05, 0.1) is 10.2 Å². The molecule has 1 amide bonds. The highest BCUT2D eigenvalue weighted by molar-refractivity contribution is 7.20. The summed E-state index contributed by atoms with van der Waals surface area (Å²) >= 11 is 1.45. The number of carbonyl (C=O) groups excluding carboxylic acids is 1. The predicted molar refractivity (Wildman–Crippen MR) is 101 cm³/mol. The van der Waals surface area contributed by atoms with Crippen molar-refractivity contribution in [3.63, 3.8) is 0 Å². The summed E-state index contributed by atoms with van der Waals surface area (Å²) in [5.41, 5.74) is 2.12. The largest absolute Gasteiger partial charge is 0.371 e. The Labute approximate surface area is 150 Å². The summed E-state index contributed by atoms with van der Waals surface area (Å²) in [6, 6.07) is 12.0. The number of hydrogen-bond donors (Lipinski definition) is 1. The van der Waals surface area contributed by atoms with E-state index in [-0.39, 0.29) is 5.91 Å². The van der Waals surface area contributed by atoms with Crippen LogP contribution in [0, 0.1) is 5.92 Å². The highest BCUT2D eigenvalue weighted by Gasteiger charge is 2.21. The lowest BCUT2D eigenvalue weighted by molar-refractivity contribution is 0.0944. The number of fused-ring (bicyclic) bond motifs is 1. The van der Waals surface area contributed by atoms with Crippen molar-refractivity contribution in [3.05, 3.63) is 53.8 Å². The SMILES string of the molecule is O=C(NCC1CCN(c2ccncc2)CC1)c1nc2ccccc2s1. The Morgan fingerprint density at radius 2 is 1.92 bits per heavy atom. The number of nitrogens with one attached hydrogen (secondary N) is 1. The molecule has 5 nitrogen and oxygen atoms in total. The summed E-state index contributed by atoms with van der Waals surface area (Å²) in [5.74, 6) is 0.467. The van der Waals surface area contributed by atoms with Gasteiger partial charge in [-0.25, -0.2) is 4.98 Å². The van der Waals surface area contributed by atoms with Gasteiger partial charge in [0.2, 0.25) is 0 Å². The smallest absolute Gasteiger partial charge is 0.280 e. The first-order valence-corrected chi connectivity index (χ1v) is 9.40. The number of anilines is 1. The molecule has 1 aliphatic rings. The number of pyridine rings is 1. The standard InChI is InChI=1S/C19H20N4OS/c24-18(19-22-16-3-1-2-4-17(16)25-19)21-13-14-7-11-23(12-8-14)15-5-9-20-10-6-15/h1-6,9-10,14H,7-8,11-13H2,(H,21,24). The van der Waals surface area contributed by atoms with Crippen LogP contribution in [0.4, 0.5) is 5.69 Å². The lowest BCUT2D eigenvalue weighted by Gasteiger charge is -2.33. The van der Waals surface area contributed by atoms with Crippen LogP contribution in [0.15, 0.2) is 48.8 Å². The van der Waals surface area contributed by atoms with E-state index in [1.54, 1.807) is 0 Å². The van der Waals surface area contributed by atoms with Crippen LogP contribution < -0.4 is 10.2 Å². The molecule has 128 valence electrons. The van der Waals surface area contributed by atoms with Gasteiger partial charge in [0.25, 0.3) is 5.91 Å². The van der Waals surface area contributed by atoms with Crippen LogP contribution in [0.3, 0.4) is 0 Å². The summed E-state index contributed by atoms with van der Waals surface area (Å²) in [4.78, 5) is 23.2. The summed E-state index contributed by atoms with van der Waals surface area (Å²) in [5, 5.41) is 3.62. The van der Waals surface area contributed by atoms with Gasteiger partial charge in [-0.05, 0) is 43.0 Å².